The van der Waals surface area contributed by atoms with E-state index < -0.39 is 0 Å². The summed E-state index contributed by atoms with van der Waals surface area (Å²) < 4.78 is 4.35. The van der Waals surface area contributed by atoms with E-state index >= 15 is 0 Å². The summed E-state index contributed by atoms with van der Waals surface area (Å²) >= 11 is 0. The van der Waals surface area contributed by atoms with E-state index in [2.05, 4.69) is 20.0 Å². The summed E-state index contributed by atoms with van der Waals surface area (Å²) in [6, 6.07) is 0. The molecule has 6 heteroatoms. The van der Waals surface area contributed by atoms with Gasteiger partial charge in [-0.15, -0.1) is 0 Å². The predicted molar refractivity (Wildman–Crippen MR) is 33.9 cm³/mol. The normalized spacial score (nSPS) is 11.9. The van der Waals surface area contributed by atoms with Crippen LogP contribution in [0.15, 0.2) is 9.73 Å². The molecule has 0 radical (unpaired) electrons. The molecule has 0 aromatic carbocycles. The summed E-state index contributed by atoms with van der Waals surface area (Å²) in [5, 5.41) is 10.2. The van der Waals surface area contributed by atoms with Crippen LogP contribution in [-0.4, -0.2) is 16.1 Å². The zero-order valence-corrected chi connectivity index (χ0v) is 5.40. The maximum atomic E-state index is 5.30. The molecule has 4 N–H and O–H groups in total. The van der Waals surface area contributed by atoms with Crippen LogP contribution in [-0.2, 0) is 0 Å². The largest absolute Gasteiger partial charge is 0.380 e. The summed E-state index contributed by atoms with van der Waals surface area (Å²) in [6.07, 6.45) is 0. The van der Waals surface area contributed by atoms with E-state index in [4.69, 9.17) is 11.6 Å². The molecule has 10 heavy (non-hydrogen) atoms. The van der Waals surface area contributed by atoms with Crippen molar-refractivity contribution in [1.82, 2.24) is 10.3 Å². The summed E-state index contributed by atoms with van der Waals surface area (Å²) in [5.41, 5.74) is 6.27. The SMILES string of the molecule is Cc1nonc1/C(N)=N/N. The van der Waals surface area contributed by atoms with Gasteiger partial charge < -0.3 is 11.6 Å². The fraction of sp³-hybridized carbons (Fsp3) is 0.250. The first-order valence-corrected chi connectivity index (χ1v) is 2.58. The van der Waals surface area contributed by atoms with Gasteiger partial charge in [0, 0.05) is 0 Å². The van der Waals surface area contributed by atoms with Crippen LogP contribution in [0.5, 0.6) is 0 Å². The van der Waals surface area contributed by atoms with Crippen molar-refractivity contribution in [3.63, 3.8) is 0 Å². The van der Waals surface area contributed by atoms with Crippen LogP contribution in [0, 0.1) is 6.92 Å². The van der Waals surface area contributed by atoms with Crippen molar-refractivity contribution in [2.45, 2.75) is 6.92 Å². The molecule has 0 unspecified atom stereocenters. The third kappa shape index (κ3) is 0.903. The first kappa shape index (κ1) is 6.53. The van der Waals surface area contributed by atoms with Gasteiger partial charge in [-0.25, -0.2) is 4.63 Å². The topological polar surface area (TPSA) is 103 Å². The monoisotopic (exact) mass is 141 g/mol. The molecule has 1 rings (SSSR count). The highest BCUT2D eigenvalue weighted by atomic mass is 16.6. The van der Waals surface area contributed by atoms with Gasteiger partial charge in [0.15, 0.2) is 11.5 Å². The predicted octanol–water partition coefficient (Wildman–Crippen LogP) is -1.04. The summed E-state index contributed by atoms with van der Waals surface area (Å²) in [7, 11) is 0. The molecule has 0 aliphatic rings. The number of aryl methyl sites for hydroxylation is 1. The van der Waals surface area contributed by atoms with Crippen molar-refractivity contribution in [2.24, 2.45) is 16.7 Å². The van der Waals surface area contributed by atoms with Gasteiger partial charge in [-0.05, 0) is 12.1 Å². The number of hydrazone groups is 1. The van der Waals surface area contributed by atoms with E-state index in [-0.39, 0.29) is 5.84 Å². The van der Waals surface area contributed by atoms with Crippen molar-refractivity contribution >= 4 is 5.84 Å². The smallest absolute Gasteiger partial charge is 0.174 e. The lowest BCUT2D eigenvalue weighted by atomic mass is 10.3. The number of aromatic nitrogens is 2. The van der Waals surface area contributed by atoms with Crippen LogP contribution < -0.4 is 11.6 Å². The Balaban J connectivity index is 3.05. The molecule has 54 valence electrons. The molecule has 1 aromatic rings. The second-order valence-electron chi connectivity index (χ2n) is 1.71. The van der Waals surface area contributed by atoms with E-state index in [1.54, 1.807) is 6.92 Å². The van der Waals surface area contributed by atoms with E-state index in [0.717, 1.165) is 0 Å². The Labute approximate surface area is 56.8 Å². The summed E-state index contributed by atoms with van der Waals surface area (Å²) in [5.74, 6) is 5.01. The van der Waals surface area contributed by atoms with Gasteiger partial charge in [0.05, 0.1) is 0 Å². The van der Waals surface area contributed by atoms with E-state index in [1.165, 1.54) is 0 Å². The standard InChI is InChI=1S/C4H7N5O/c1-2-3(4(5)7-6)9-10-8-2/h6H2,1H3,(H2,5,7). The van der Waals surface area contributed by atoms with Gasteiger partial charge in [-0.3, -0.25) is 0 Å². The molecule has 1 heterocycles. The average Bonchev–Trinajstić information content (AvgIpc) is 2.34. The maximum absolute atomic E-state index is 5.30. The zero-order chi connectivity index (χ0) is 7.56. The van der Waals surface area contributed by atoms with Gasteiger partial charge in [-0.2, -0.15) is 5.10 Å². The van der Waals surface area contributed by atoms with Crippen molar-refractivity contribution < 1.29 is 4.63 Å². The third-order valence-corrected chi connectivity index (χ3v) is 1.03. The first-order valence-electron chi connectivity index (χ1n) is 2.58. The lowest BCUT2D eigenvalue weighted by molar-refractivity contribution is 0.304. The number of hydrogen-bond donors (Lipinski definition) is 2. The number of nitrogens with zero attached hydrogens (tertiary/aromatic N) is 3. The van der Waals surface area contributed by atoms with Crippen molar-refractivity contribution in [1.29, 1.82) is 0 Å². The van der Waals surface area contributed by atoms with Gasteiger partial charge in [0.2, 0.25) is 0 Å². The number of nitrogens with two attached hydrogens (primary N) is 2. The minimum atomic E-state index is 0.124. The molecule has 1 aromatic heterocycles. The molecule has 0 aliphatic heterocycles. The average molecular weight is 141 g/mol. The summed E-state index contributed by atoms with van der Waals surface area (Å²) in [4.78, 5) is 0. The Morgan fingerprint density at radius 2 is 2.30 bits per heavy atom. The quantitative estimate of drug-likeness (QED) is 0.225. The highest BCUT2D eigenvalue weighted by Crippen LogP contribution is 1.97. The zero-order valence-electron chi connectivity index (χ0n) is 5.40. The van der Waals surface area contributed by atoms with Crippen LogP contribution in [0.1, 0.15) is 11.4 Å². The lowest BCUT2D eigenvalue weighted by Crippen LogP contribution is -2.16. The molecule has 0 aliphatic carbocycles. The molecule has 0 amide bonds. The highest BCUT2D eigenvalue weighted by molar-refractivity contribution is 5.96. The molecule has 0 saturated carbocycles. The van der Waals surface area contributed by atoms with E-state index in [1.807, 2.05) is 0 Å². The van der Waals surface area contributed by atoms with Crippen LogP contribution >= 0.6 is 0 Å². The van der Waals surface area contributed by atoms with Gasteiger partial charge in [0.1, 0.15) is 5.69 Å². The van der Waals surface area contributed by atoms with Gasteiger partial charge in [-0.1, -0.05) is 5.16 Å². The minimum absolute atomic E-state index is 0.124. The second-order valence-corrected chi connectivity index (χ2v) is 1.71. The fourth-order valence-electron chi connectivity index (χ4n) is 0.525. The first-order chi connectivity index (χ1) is 4.75. The van der Waals surface area contributed by atoms with Crippen molar-refractivity contribution in [2.75, 3.05) is 0 Å². The number of rotatable bonds is 1. The third-order valence-electron chi connectivity index (χ3n) is 1.03. The molecule has 0 saturated heterocycles. The Bertz CT molecular complexity index is 252. The fourth-order valence-corrected chi connectivity index (χ4v) is 0.525. The molecule has 0 bridgehead atoms. The highest BCUT2D eigenvalue weighted by Gasteiger charge is 2.07. The molecule has 0 fully saturated rings. The van der Waals surface area contributed by atoms with Crippen molar-refractivity contribution in [3.05, 3.63) is 11.4 Å². The number of hydrogen-bond acceptors (Lipinski definition) is 5. The summed E-state index contributed by atoms with van der Waals surface area (Å²) in [6.45, 7) is 1.70. The van der Waals surface area contributed by atoms with Crippen LogP contribution in [0.3, 0.4) is 0 Å². The Morgan fingerprint density at radius 3 is 2.70 bits per heavy atom. The second kappa shape index (κ2) is 2.34. The minimum Gasteiger partial charge on any atom is -0.380 e. The molecular weight excluding hydrogens is 134 g/mol. The van der Waals surface area contributed by atoms with Crippen LogP contribution in [0.2, 0.25) is 0 Å². The molecule has 0 atom stereocenters. The maximum Gasteiger partial charge on any atom is 0.174 e. The van der Waals surface area contributed by atoms with E-state index in [9.17, 15) is 0 Å². The number of amidine groups is 1. The Hall–Kier alpha value is -1.59. The van der Waals surface area contributed by atoms with Gasteiger partial charge in [0.25, 0.3) is 0 Å². The Kier molecular flexibility index (Phi) is 1.53. The molecular formula is C4H7N5O. The van der Waals surface area contributed by atoms with Gasteiger partial charge >= 0.3 is 0 Å². The van der Waals surface area contributed by atoms with E-state index in [0.29, 0.717) is 11.4 Å². The van der Waals surface area contributed by atoms with Crippen LogP contribution in [0.25, 0.3) is 0 Å². The molecule has 6 nitrogen and oxygen atoms in total. The van der Waals surface area contributed by atoms with Crippen molar-refractivity contribution in [3.8, 4) is 0 Å². The van der Waals surface area contributed by atoms with Crippen LogP contribution in [0.4, 0.5) is 0 Å². The Morgan fingerprint density at radius 1 is 1.60 bits per heavy atom. The lowest BCUT2D eigenvalue weighted by Gasteiger charge is -1.88. The molecule has 0 spiro atoms.